The van der Waals surface area contributed by atoms with Crippen LogP contribution in [0.3, 0.4) is 0 Å². The average molecular weight is 357 g/mol. The molecule has 1 aliphatic rings. The highest BCUT2D eigenvalue weighted by Crippen LogP contribution is 2.22. The lowest BCUT2D eigenvalue weighted by Gasteiger charge is -2.39. The quantitative estimate of drug-likeness (QED) is 0.676. The maximum absolute atomic E-state index is 6.05. The predicted octanol–water partition coefficient (Wildman–Crippen LogP) is 1.76. The fourth-order valence-electron chi connectivity index (χ4n) is 2.02. The second kappa shape index (κ2) is 8.31. The van der Waals surface area contributed by atoms with Crippen LogP contribution in [-0.4, -0.2) is 49.4 Å². The molecular weight excluding hydrogens is 328 g/mol. The van der Waals surface area contributed by atoms with Gasteiger partial charge < -0.3 is 25.3 Å². The molecule has 0 unspecified atom stereocenters. The van der Waals surface area contributed by atoms with Gasteiger partial charge in [0.2, 0.25) is 0 Å². The Balaban J connectivity index is 2.71. The van der Waals surface area contributed by atoms with Crippen molar-refractivity contribution in [1.29, 1.82) is 0 Å². The van der Waals surface area contributed by atoms with Crippen LogP contribution in [-0.2, 0) is 25.3 Å². The summed E-state index contributed by atoms with van der Waals surface area (Å²) in [6.45, 7) is 13.2. The van der Waals surface area contributed by atoms with Gasteiger partial charge in [0.1, 0.15) is 0 Å². The minimum Gasteiger partial charge on any atom is -0.396 e. The fourth-order valence-corrected chi connectivity index (χ4v) is 16.6. The van der Waals surface area contributed by atoms with E-state index in [2.05, 4.69) is 13.8 Å². The highest BCUT2D eigenvalue weighted by atomic mass is 28.5. The Morgan fingerprint density at radius 1 is 0.750 bits per heavy atom. The Hall–Kier alpha value is 0.628. The van der Waals surface area contributed by atoms with E-state index in [1.54, 1.807) is 0 Å². The van der Waals surface area contributed by atoms with E-state index in [1.165, 1.54) is 0 Å². The molecule has 1 rings (SSSR count). The van der Waals surface area contributed by atoms with Crippen LogP contribution in [0.1, 0.15) is 26.7 Å². The summed E-state index contributed by atoms with van der Waals surface area (Å²) < 4.78 is 35.8. The standard InChI is InChI=1S/C10H28O6Si4/c1-7-9-11-19(5)13-17(3)15-20(6,12-10-8-2)16-18(4)14-19/h17-18H,7-10H2,1-6H3. The molecule has 20 heavy (non-hydrogen) atoms. The highest BCUT2D eigenvalue weighted by molar-refractivity contribution is 6.81. The third-order valence-electron chi connectivity index (χ3n) is 2.66. The van der Waals surface area contributed by atoms with Gasteiger partial charge in [-0.2, -0.15) is 0 Å². The zero-order chi connectivity index (χ0) is 15.2. The second-order valence-electron chi connectivity index (χ2n) is 5.03. The van der Waals surface area contributed by atoms with E-state index in [9.17, 15) is 0 Å². The molecule has 0 atom stereocenters. The van der Waals surface area contributed by atoms with Gasteiger partial charge in [-0.15, -0.1) is 0 Å². The molecule has 0 radical (unpaired) electrons. The van der Waals surface area contributed by atoms with Crippen molar-refractivity contribution in [2.24, 2.45) is 0 Å². The topological polar surface area (TPSA) is 55.4 Å². The van der Waals surface area contributed by atoms with Crippen LogP contribution < -0.4 is 0 Å². The van der Waals surface area contributed by atoms with Crippen LogP contribution in [0.15, 0.2) is 0 Å². The van der Waals surface area contributed by atoms with Crippen LogP contribution in [0.4, 0.5) is 0 Å². The molecule has 10 heteroatoms. The molecule has 120 valence electrons. The molecule has 0 bridgehead atoms. The van der Waals surface area contributed by atoms with Gasteiger partial charge in [-0.3, -0.25) is 0 Å². The lowest BCUT2D eigenvalue weighted by Crippen LogP contribution is -2.60. The van der Waals surface area contributed by atoms with E-state index in [4.69, 9.17) is 25.3 Å². The summed E-state index contributed by atoms with van der Waals surface area (Å²) in [5.74, 6) is 0. The first-order valence-corrected chi connectivity index (χ1v) is 16.0. The second-order valence-corrected chi connectivity index (χ2v) is 15.1. The molecule has 0 N–H and O–H groups in total. The average Bonchev–Trinajstić information content (AvgIpc) is 2.31. The summed E-state index contributed by atoms with van der Waals surface area (Å²) in [5.41, 5.74) is 0. The molecule has 0 aromatic heterocycles. The zero-order valence-electron chi connectivity index (χ0n) is 13.4. The Kier molecular flexibility index (Phi) is 7.76. The van der Waals surface area contributed by atoms with E-state index in [0.29, 0.717) is 13.2 Å². The van der Waals surface area contributed by atoms with Crippen LogP contribution in [0.5, 0.6) is 0 Å². The van der Waals surface area contributed by atoms with Crippen LogP contribution in [0.2, 0.25) is 26.2 Å². The summed E-state index contributed by atoms with van der Waals surface area (Å²) in [4.78, 5) is 0. The van der Waals surface area contributed by atoms with E-state index in [1.807, 2.05) is 26.2 Å². The van der Waals surface area contributed by atoms with Gasteiger partial charge in [0.15, 0.2) is 0 Å². The molecule has 0 spiro atoms. The molecule has 0 aromatic carbocycles. The van der Waals surface area contributed by atoms with E-state index >= 15 is 0 Å². The lowest BCUT2D eigenvalue weighted by molar-refractivity contribution is 0.106. The Labute approximate surface area is 128 Å². The van der Waals surface area contributed by atoms with Gasteiger partial charge in [0.05, 0.1) is 0 Å². The minimum absolute atomic E-state index is 0.645. The summed E-state index contributed by atoms with van der Waals surface area (Å²) >= 11 is 0. The summed E-state index contributed by atoms with van der Waals surface area (Å²) in [6.07, 6.45) is 1.88. The maximum atomic E-state index is 6.05. The maximum Gasteiger partial charge on any atom is 0.479 e. The first kappa shape index (κ1) is 18.7. The summed E-state index contributed by atoms with van der Waals surface area (Å²) in [7, 11) is -9.01. The Morgan fingerprint density at radius 3 is 1.30 bits per heavy atom. The van der Waals surface area contributed by atoms with E-state index in [0.717, 1.165) is 12.8 Å². The third kappa shape index (κ3) is 6.17. The SMILES string of the molecule is CCCO[Si]1(C)O[SiH](C)O[Si](C)(OCCC)O[SiH](C)O1. The van der Waals surface area contributed by atoms with Gasteiger partial charge in [-0.25, -0.2) is 0 Å². The zero-order valence-corrected chi connectivity index (χ0v) is 17.7. The normalized spacial score (nSPS) is 39.3. The van der Waals surface area contributed by atoms with E-state index < -0.39 is 36.2 Å². The van der Waals surface area contributed by atoms with Crippen molar-refractivity contribution in [3.8, 4) is 0 Å². The van der Waals surface area contributed by atoms with Crippen LogP contribution in [0, 0.1) is 0 Å². The van der Waals surface area contributed by atoms with Gasteiger partial charge in [0, 0.05) is 26.3 Å². The predicted molar refractivity (Wildman–Crippen MR) is 86.1 cm³/mol. The summed E-state index contributed by atoms with van der Waals surface area (Å²) in [5, 5.41) is 0. The number of hydrogen-bond acceptors (Lipinski definition) is 6. The molecule has 0 saturated carbocycles. The van der Waals surface area contributed by atoms with Crippen molar-refractivity contribution in [3.63, 3.8) is 0 Å². The van der Waals surface area contributed by atoms with Gasteiger partial charge in [-0.05, 0) is 25.9 Å². The molecule has 0 aliphatic carbocycles. The third-order valence-corrected chi connectivity index (χ3v) is 16.3. The molecule has 6 nitrogen and oxygen atoms in total. The molecule has 1 heterocycles. The summed E-state index contributed by atoms with van der Waals surface area (Å²) in [6, 6.07) is 0. The van der Waals surface area contributed by atoms with Crippen molar-refractivity contribution in [2.75, 3.05) is 13.2 Å². The van der Waals surface area contributed by atoms with Crippen LogP contribution >= 0.6 is 0 Å². The molecule has 0 aromatic rings. The highest BCUT2D eigenvalue weighted by Gasteiger charge is 2.48. The largest absolute Gasteiger partial charge is 0.479 e. The molecule has 1 saturated heterocycles. The van der Waals surface area contributed by atoms with Crippen molar-refractivity contribution in [3.05, 3.63) is 0 Å². The van der Waals surface area contributed by atoms with Crippen molar-refractivity contribution in [1.82, 2.24) is 0 Å². The number of rotatable bonds is 6. The monoisotopic (exact) mass is 356 g/mol. The van der Waals surface area contributed by atoms with Gasteiger partial charge in [0.25, 0.3) is 0 Å². The Morgan fingerprint density at radius 2 is 1.05 bits per heavy atom. The first-order valence-electron chi connectivity index (χ1n) is 7.31. The molecule has 1 aliphatic heterocycles. The molecule has 1 fully saturated rings. The van der Waals surface area contributed by atoms with Crippen molar-refractivity contribution in [2.45, 2.75) is 52.9 Å². The first-order chi connectivity index (χ1) is 9.32. The van der Waals surface area contributed by atoms with Crippen LogP contribution in [0.25, 0.3) is 0 Å². The van der Waals surface area contributed by atoms with Gasteiger partial charge in [-0.1, -0.05) is 13.8 Å². The number of hydrogen-bond donors (Lipinski definition) is 0. The molecule has 0 amide bonds. The minimum atomic E-state index is -2.62. The fraction of sp³-hybridized carbons (Fsp3) is 1.00. The Bertz CT molecular complexity index is 255. The van der Waals surface area contributed by atoms with Crippen molar-refractivity contribution >= 4 is 36.2 Å². The van der Waals surface area contributed by atoms with Gasteiger partial charge >= 0.3 is 36.2 Å². The smallest absolute Gasteiger partial charge is 0.396 e. The molecular formula is C10H28O6Si4. The van der Waals surface area contributed by atoms with E-state index in [-0.39, 0.29) is 0 Å². The lowest BCUT2D eigenvalue weighted by atomic mass is 10.5. The van der Waals surface area contributed by atoms with Crippen molar-refractivity contribution < 1.29 is 25.3 Å².